The minimum Gasteiger partial charge on any atom is -0.408 e. The first-order valence-electron chi connectivity index (χ1n) is 10.2. The molecule has 1 fully saturated rings. The summed E-state index contributed by atoms with van der Waals surface area (Å²) in [5, 5.41) is 3.00. The molecule has 0 unspecified atom stereocenters. The number of piperidine rings is 1. The largest absolute Gasteiger partial charge is 0.419 e. The van der Waals surface area contributed by atoms with Gasteiger partial charge in [-0.15, -0.1) is 0 Å². The maximum absolute atomic E-state index is 13.2. The van der Waals surface area contributed by atoms with Gasteiger partial charge in [0.1, 0.15) is 0 Å². The van der Waals surface area contributed by atoms with E-state index in [0.717, 1.165) is 5.56 Å². The lowest BCUT2D eigenvalue weighted by Crippen LogP contribution is -2.45. The average molecular weight is 444 g/mol. The number of sulfonamides is 1. The van der Waals surface area contributed by atoms with Crippen molar-refractivity contribution in [1.29, 1.82) is 0 Å². The number of nitrogens with zero attached hydrogens (tertiary/aromatic N) is 2. The van der Waals surface area contributed by atoms with Crippen molar-refractivity contribution in [2.24, 2.45) is 13.0 Å². The number of benzene rings is 2. The van der Waals surface area contributed by atoms with Crippen LogP contribution in [-0.4, -0.2) is 36.3 Å². The SMILES string of the molecule is C[C@H](NC(=O)[C@H]1CCCN(S(=O)(=O)c2ccc3c(c2)oc(=O)n3C)C1)c1ccccc1. The van der Waals surface area contributed by atoms with Gasteiger partial charge in [-0.1, -0.05) is 30.3 Å². The second kappa shape index (κ2) is 8.32. The molecule has 1 aliphatic rings. The molecular weight excluding hydrogens is 418 g/mol. The molecule has 8 nitrogen and oxygen atoms in total. The van der Waals surface area contributed by atoms with E-state index >= 15 is 0 Å². The van der Waals surface area contributed by atoms with Crippen LogP contribution in [0.3, 0.4) is 0 Å². The predicted octanol–water partition coefficient (Wildman–Crippen LogP) is 2.41. The summed E-state index contributed by atoms with van der Waals surface area (Å²) in [6.07, 6.45) is 1.23. The molecule has 0 aliphatic carbocycles. The van der Waals surface area contributed by atoms with Gasteiger partial charge in [0, 0.05) is 26.2 Å². The van der Waals surface area contributed by atoms with E-state index in [2.05, 4.69) is 5.32 Å². The second-order valence-corrected chi connectivity index (χ2v) is 9.84. The molecule has 9 heteroatoms. The van der Waals surface area contributed by atoms with Crippen LogP contribution in [-0.2, 0) is 21.9 Å². The summed E-state index contributed by atoms with van der Waals surface area (Å²) < 4.78 is 34.2. The topological polar surface area (TPSA) is 102 Å². The van der Waals surface area contributed by atoms with E-state index in [1.165, 1.54) is 21.0 Å². The predicted molar refractivity (Wildman–Crippen MR) is 116 cm³/mol. The zero-order chi connectivity index (χ0) is 22.2. The summed E-state index contributed by atoms with van der Waals surface area (Å²) in [6, 6.07) is 13.9. The molecule has 2 heterocycles. The number of amides is 1. The van der Waals surface area contributed by atoms with Crippen LogP contribution in [0.4, 0.5) is 0 Å². The third-order valence-corrected chi connectivity index (χ3v) is 7.68. The Hall–Kier alpha value is -2.91. The maximum atomic E-state index is 13.2. The Bertz CT molecular complexity index is 1260. The van der Waals surface area contributed by atoms with Gasteiger partial charge in [0.2, 0.25) is 15.9 Å². The van der Waals surface area contributed by atoms with Gasteiger partial charge < -0.3 is 9.73 Å². The van der Waals surface area contributed by atoms with E-state index in [1.807, 2.05) is 37.3 Å². The average Bonchev–Trinajstić information content (AvgIpc) is 3.07. The van der Waals surface area contributed by atoms with E-state index in [1.54, 1.807) is 13.1 Å². The van der Waals surface area contributed by atoms with Gasteiger partial charge in [-0.3, -0.25) is 9.36 Å². The number of carbonyl (C=O) groups excluding carboxylic acids is 1. The molecule has 1 N–H and O–H groups in total. The smallest absolute Gasteiger partial charge is 0.408 e. The first kappa shape index (κ1) is 21.3. The number of oxazole rings is 1. The highest BCUT2D eigenvalue weighted by Crippen LogP contribution is 2.26. The molecule has 4 rings (SSSR count). The van der Waals surface area contributed by atoms with Crippen LogP contribution >= 0.6 is 0 Å². The molecule has 0 bridgehead atoms. The fourth-order valence-corrected chi connectivity index (χ4v) is 5.49. The van der Waals surface area contributed by atoms with Crippen molar-refractivity contribution in [2.75, 3.05) is 13.1 Å². The van der Waals surface area contributed by atoms with E-state index in [4.69, 9.17) is 4.42 Å². The molecule has 2 aromatic carbocycles. The van der Waals surface area contributed by atoms with Crippen molar-refractivity contribution in [1.82, 2.24) is 14.2 Å². The molecule has 164 valence electrons. The number of hydrogen-bond donors (Lipinski definition) is 1. The molecular formula is C22H25N3O5S. The van der Waals surface area contributed by atoms with E-state index in [-0.39, 0.29) is 29.0 Å². The summed E-state index contributed by atoms with van der Waals surface area (Å²) in [6.45, 7) is 2.37. The molecule has 0 radical (unpaired) electrons. The highest BCUT2D eigenvalue weighted by Gasteiger charge is 2.34. The summed E-state index contributed by atoms with van der Waals surface area (Å²) in [4.78, 5) is 24.6. The number of rotatable bonds is 5. The van der Waals surface area contributed by atoms with Gasteiger partial charge in [0.05, 0.1) is 22.4 Å². The Labute approximate surface area is 180 Å². The number of nitrogens with one attached hydrogen (secondary N) is 1. The van der Waals surface area contributed by atoms with Gasteiger partial charge in [-0.25, -0.2) is 13.2 Å². The summed E-state index contributed by atoms with van der Waals surface area (Å²) in [7, 11) is -2.26. The Morgan fingerprint density at radius 2 is 1.94 bits per heavy atom. The molecule has 1 aliphatic heterocycles. The van der Waals surface area contributed by atoms with Crippen LogP contribution < -0.4 is 11.1 Å². The highest BCUT2D eigenvalue weighted by atomic mass is 32.2. The highest BCUT2D eigenvalue weighted by molar-refractivity contribution is 7.89. The number of fused-ring (bicyclic) bond motifs is 1. The Kier molecular flexibility index (Phi) is 5.72. The number of carbonyl (C=O) groups is 1. The molecule has 0 spiro atoms. The Morgan fingerprint density at radius 1 is 1.19 bits per heavy atom. The summed E-state index contributed by atoms with van der Waals surface area (Å²) >= 11 is 0. The molecule has 2 atom stereocenters. The minimum absolute atomic E-state index is 0.0491. The third kappa shape index (κ3) is 4.15. The van der Waals surface area contributed by atoms with Gasteiger partial charge >= 0.3 is 5.76 Å². The Balaban J connectivity index is 1.51. The lowest BCUT2D eigenvalue weighted by Gasteiger charge is -2.32. The zero-order valence-corrected chi connectivity index (χ0v) is 18.3. The van der Waals surface area contributed by atoms with Crippen LogP contribution in [0, 0.1) is 5.92 Å². The summed E-state index contributed by atoms with van der Waals surface area (Å²) in [5.74, 6) is -1.12. The van der Waals surface area contributed by atoms with E-state index in [9.17, 15) is 18.0 Å². The van der Waals surface area contributed by atoms with Crippen molar-refractivity contribution in [2.45, 2.75) is 30.7 Å². The summed E-state index contributed by atoms with van der Waals surface area (Å²) in [5.41, 5.74) is 1.74. The number of aromatic nitrogens is 1. The molecule has 0 saturated carbocycles. The van der Waals surface area contributed by atoms with Crippen LogP contribution in [0.25, 0.3) is 11.1 Å². The molecule has 1 amide bonds. The Morgan fingerprint density at radius 3 is 2.68 bits per heavy atom. The van der Waals surface area contributed by atoms with Crippen molar-refractivity contribution in [3.05, 3.63) is 64.6 Å². The van der Waals surface area contributed by atoms with Crippen molar-refractivity contribution >= 4 is 27.0 Å². The first-order valence-corrected chi connectivity index (χ1v) is 11.7. The monoisotopic (exact) mass is 443 g/mol. The normalized spacial score (nSPS) is 18.7. The standard InChI is InChI=1S/C22H25N3O5S/c1-15(16-7-4-3-5-8-16)23-21(26)17-9-6-12-25(14-17)31(28,29)18-10-11-19-20(13-18)30-22(27)24(19)2/h3-5,7-8,10-11,13,15,17H,6,9,12,14H2,1-2H3,(H,23,26)/t15-,17-/m0/s1. The minimum atomic E-state index is -3.82. The molecule has 1 aromatic heterocycles. The van der Waals surface area contributed by atoms with E-state index < -0.39 is 21.7 Å². The lowest BCUT2D eigenvalue weighted by atomic mass is 9.98. The molecule has 1 saturated heterocycles. The number of hydrogen-bond acceptors (Lipinski definition) is 5. The lowest BCUT2D eigenvalue weighted by molar-refractivity contribution is -0.126. The van der Waals surface area contributed by atoms with Crippen molar-refractivity contribution < 1.29 is 17.6 Å². The van der Waals surface area contributed by atoms with Gasteiger partial charge in [0.25, 0.3) is 0 Å². The first-order chi connectivity index (χ1) is 14.8. The van der Waals surface area contributed by atoms with Crippen LogP contribution in [0.1, 0.15) is 31.4 Å². The second-order valence-electron chi connectivity index (χ2n) is 7.90. The van der Waals surface area contributed by atoms with Crippen LogP contribution in [0.2, 0.25) is 0 Å². The quantitative estimate of drug-likeness (QED) is 0.653. The maximum Gasteiger partial charge on any atom is 0.419 e. The van der Waals surface area contributed by atoms with E-state index in [0.29, 0.717) is 24.9 Å². The van der Waals surface area contributed by atoms with Crippen molar-refractivity contribution in [3.8, 4) is 0 Å². The fourth-order valence-electron chi connectivity index (χ4n) is 3.95. The fraction of sp³-hybridized carbons (Fsp3) is 0.364. The van der Waals surface area contributed by atoms with Crippen LogP contribution in [0.5, 0.6) is 0 Å². The zero-order valence-electron chi connectivity index (χ0n) is 17.4. The number of aryl methyl sites for hydroxylation is 1. The third-order valence-electron chi connectivity index (χ3n) is 5.81. The van der Waals surface area contributed by atoms with Gasteiger partial charge in [-0.2, -0.15) is 4.31 Å². The molecule has 3 aromatic rings. The molecule has 31 heavy (non-hydrogen) atoms. The van der Waals surface area contributed by atoms with Crippen molar-refractivity contribution in [3.63, 3.8) is 0 Å². The van der Waals surface area contributed by atoms with Crippen LogP contribution in [0.15, 0.2) is 62.6 Å². The van der Waals surface area contributed by atoms with Gasteiger partial charge in [-0.05, 0) is 37.5 Å². The van der Waals surface area contributed by atoms with Gasteiger partial charge in [0.15, 0.2) is 5.58 Å².